The van der Waals surface area contributed by atoms with Crippen LogP contribution >= 0.6 is 0 Å². The van der Waals surface area contributed by atoms with Crippen LogP contribution in [0.15, 0.2) is 42.5 Å². The Morgan fingerprint density at radius 3 is 2.18 bits per heavy atom. The highest BCUT2D eigenvalue weighted by Crippen LogP contribution is 2.30. The molecule has 2 aromatic carbocycles. The van der Waals surface area contributed by atoms with Crippen molar-refractivity contribution >= 4 is 0 Å². The van der Waals surface area contributed by atoms with Gasteiger partial charge in [0.1, 0.15) is 5.75 Å². The topological polar surface area (TPSA) is 20.2 Å². The summed E-state index contributed by atoms with van der Waals surface area (Å²) in [5.74, 6) is 0.698. The minimum Gasteiger partial charge on any atom is -0.508 e. The van der Waals surface area contributed by atoms with E-state index < -0.39 is 0 Å². The third-order valence-electron chi connectivity index (χ3n) is 3.46. The Morgan fingerprint density at radius 2 is 1.59 bits per heavy atom. The summed E-state index contributed by atoms with van der Waals surface area (Å²) in [5, 5.41) is 9.88. The molecule has 2 rings (SSSR count). The van der Waals surface area contributed by atoms with Gasteiger partial charge in [-0.05, 0) is 42.2 Å². The first kappa shape index (κ1) is 11.7. The molecular formula is C16H18O. The molecule has 17 heavy (non-hydrogen) atoms. The highest BCUT2D eigenvalue weighted by atomic mass is 16.3. The first-order valence-electron chi connectivity index (χ1n) is 5.94. The average molecular weight is 226 g/mol. The molecule has 0 spiro atoms. The largest absolute Gasteiger partial charge is 0.508 e. The number of aromatic hydroxyl groups is 1. The van der Waals surface area contributed by atoms with Crippen molar-refractivity contribution in [3.05, 3.63) is 64.7 Å². The molecule has 2 aromatic rings. The van der Waals surface area contributed by atoms with Gasteiger partial charge in [-0.1, -0.05) is 43.3 Å². The van der Waals surface area contributed by atoms with E-state index in [1.165, 1.54) is 5.56 Å². The van der Waals surface area contributed by atoms with E-state index in [4.69, 9.17) is 0 Å². The molecule has 0 heterocycles. The van der Waals surface area contributed by atoms with E-state index >= 15 is 0 Å². The fourth-order valence-corrected chi connectivity index (χ4v) is 2.05. The summed E-state index contributed by atoms with van der Waals surface area (Å²) in [6.45, 7) is 6.15. The van der Waals surface area contributed by atoms with Crippen LogP contribution in [0, 0.1) is 13.8 Å². The van der Waals surface area contributed by atoms with Crippen LogP contribution < -0.4 is 0 Å². The number of hydrogen-bond acceptors (Lipinski definition) is 1. The van der Waals surface area contributed by atoms with Crippen LogP contribution in [-0.4, -0.2) is 5.11 Å². The number of rotatable bonds is 2. The van der Waals surface area contributed by atoms with E-state index in [1.54, 1.807) is 0 Å². The molecule has 88 valence electrons. The molecule has 0 aliphatic carbocycles. The summed E-state index contributed by atoms with van der Waals surface area (Å²) in [5.41, 5.74) is 4.55. The van der Waals surface area contributed by atoms with Crippen LogP contribution in [-0.2, 0) is 0 Å². The lowest BCUT2D eigenvalue weighted by atomic mass is 9.91. The number of benzene rings is 2. The number of hydrogen-bond donors (Lipinski definition) is 1. The average Bonchev–Trinajstić information content (AvgIpc) is 2.35. The molecule has 1 N–H and O–H groups in total. The van der Waals surface area contributed by atoms with E-state index in [0.29, 0.717) is 11.7 Å². The third kappa shape index (κ3) is 2.33. The molecule has 0 bridgehead atoms. The van der Waals surface area contributed by atoms with E-state index in [-0.39, 0.29) is 0 Å². The lowest BCUT2D eigenvalue weighted by Gasteiger charge is -2.15. The Kier molecular flexibility index (Phi) is 3.19. The highest BCUT2D eigenvalue weighted by Gasteiger charge is 2.11. The second-order valence-electron chi connectivity index (χ2n) is 4.61. The van der Waals surface area contributed by atoms with Crippen LogP contribution in [0.4, 0.5) is 0 Å². The number of phenols is 1. The van der Waals surface area contributed by atoms with Crippen molar-refractivity contribution in [1.29, 1.82) is 0 Å². The second kappa shape index (κ2) is 4.62. The summed E-state index contributed by atoms with van der Waals surface area (Å²) in [4.78, 5) is 0. The van der Waals surface area contributed by atoms with E-state index in [1.807, 2.05) is 38.1 Å². The van der Waals surface area contributed by atoms with Gasteiger partial charge in [-0.3, -0.25) is 0 Å². The van der Waals surface area contributed by atoms with Gasteiger partial charge in [0.15, 0.2) is 0 Å². The molecule has 0 radical (unpaired) electrons. The molecule has 1 nitrogen and oxygen atoms in total. The van der Waals surface area contributed by atoms with Crippen LogP contribution in [0.2, 0.25) is 0 Å². The normalized spacial score (nSPS) is 12.4. The molecule has 0 aliphatic rings. The van der Waals surface area contributed by atoms with E-state index in [0.717, 1.165) is 16.7 Å². The fraction of sp³-hybridized carbons (Fsp3) is 0.250. The maximum absolute atomic E-state index is 9.88. The van der Waals surface area contributed by atoms with Gasteiger partial charge in [-0.25, -0.2) is 0 Å². The third-order valence-corrected chi connectivity index (χ3v) is 3.46. The Morgan fingerprint density at radius 1 is 0.941 bits per heavy atom. The lowest BCUT2D eigenvalue weighted by Crippen LogP contribution is -1.97. The summed E-state index contributed by atoms with van der Waals surface area (Å²) in [7, 11) is 0. The van der Waals surface area contributed by atoms with Crippen molar-refractivity contribution in [3.8, 4) is 5.75 Å². The van der Waals surface area contributed by atoms with Crippen LogP contribution in [0.25, 0.3) is 0 Å². The zero-order valence-corrected chi connectivity index (χ0v) is 10.6. The molecular weight excluding hydrogens is 208 g/mol. The maximum Gasteiger partial charge on any atom is 0.119 e. The smallest absolute Gasteiger partial charge is 0.119 e. The zero-order chi connectivity index (χ0) is 12.4. The molecule has 0 saturated heterocycles. The SMILES string of the molecule is Cc1cc(C(C)c2ccccc2)cc(O)c1C. The van der Waals surface area contributed by atoms with Gasteiger partial charge in [0.25, 0.3) is 0 Å². The van der Waals surface area contributed by atoms with Crippen molar-refractivity contribution in [3.63, 3.8) is 0 Å². The molecule has 0 saturated carbocycles. The first-order chi connectivity index (χ1) is 8.09. The van der Waals surface area contributed by atoms with Crippen LogP contribution in [0.5, 0.6) is 5.75 Å². The molecule has 1 heteroatoms. The van der Waals surface area contributed by atoms with Crippen LogP contribution in [0.3, 0.4) is 0 Å². The number of aryl methyl sites for hydroxylation is 1. The zero-order valence-electron chi connectivity index (χ0n) is 10.6. The Bertz CT molecular complexity index is 491. The summed E-state index contributed by atoms with van der Waals surface area (Å²) < 4.78 is 0. The minimum absolute atomic E-state index is 0.307. The second-order valence-corrected chi connectivity index (χ2v) is 4.61. The molecule has 1 unspecified atom stereocenters. The maximum atomic E-state index is 9.88. The standard InChI is InChI=1S/C16H18O/c1-11-9-15(10-16(17)12(11)2)13(3)14-7-5-4-6-8-14/h4-10,13,17H,1-3H3. The van der Waals surface area contributed by atoms with Gasteiger partial charge in [0.2, 0.25) is 0 Å². The predicted molar refractivity (Wildman–Crippen MR) is 71.5 cm³/mol. The Labute approximate surface area is 103 Å². The molecule has 0 amide bonds. The quantitative estimate of drug-likeness (QED) is 0.815. The highest BCUT2D eigenvalue weighted by molar-refractivity contribution is 5.44. The van der Waals surface area contributed by atoms with Gasteiger partial charge >= 0.3 is 0 Å². The van der Waals surface area contributed by atoms with Crippen molar-refractivity contribution in [2.24, 2.45) is 0 Å². The predicted octanol–water partition coefficient (Wildman–Crippen LogP) is 4.16. The fourth-order valence-electron chi connectivity index (χ4n) is 2.05. The molecule has 0 aromatic heterocycles. The van der Waals surface area contributed by atoms with Crippen molar-refractivity contribution in [1.82, 2.24) is 0 Å². The summed E-state index contributed by atoms with van der Waals surface area (Å²) in [6.07, 6.45) is 0. The molecule has 0 fully saturated rings. The molecule has 0 aliphatic heterocycles. The van der Waals surface area contributed by atoms with Crippen molar-refractivity contribution in [2.45, 2.75) is 26.7 Å². The van der Waals surface area contributed by atoms with Gasteiger partial charge in [-0.15, -0.1) is 0 Å². The van der Waals surface area contributed by atoms with Crippen LogP contribution in [0.1, 0.15) is 35.1 Å². The van der Waals surface area contributed by atoms with E-state index in [9.17, 15) is 5.11 Å². The van der Waals surface area contributed by atoms with Gasteiger partial charge in [0, 0.05) is 5.92 Å². The van der Waals surface area contributed by atoms with E-state index in [2.05, 4.69) is 25.1 Å². The minimum atomic E-state index is 0.307. The van der Waals surface area contributed by atoms with Crippen molar-refractivity contribution < 1.29 is 5.11 Å². The summed E-state index contributed by atoms with van der Waals surface area (Å²) in [6, 6.07) is 14.4. The first-order valence-corrected chi connectivity index (χ1v) is 5.94. The monoisotopic (exact) mass is 226 g/mol. The van der Waals surface area contributed by atoms with Gasteiger partial charge in [-0.2, -0.15) is 0 Å². The number of phenolic OH excluding ortho intramolecular Hbond substituents is 1. The van der Waals surface area contributed by atoms with Gasteiger partial charge < -0.3 is 5.11 Å². The lowest BCUT2D eigenvalue weighted by molar-refractivity contribution is 0.469. The summed E-state index contributed by atoms with van der Waals surface area (Å²) >= 11 is 0. The molecule has 1 atom stereocenters. The van der Waals surface area contributed by atoms with Crippen molar-refractivity contribution in [2.75, 3.05) is 0 Å². The Hall–Kier alpha value is -1.76. The Balaban J connectivity index is 2.41. The van der Waals surface area contributed by atoms with Gasteiger partial charge in [0.05, 0.1) is 0 Å².